The van der Waals surface area contributed by atoms with E-state index in [1.54, 1.807) is 11.3 Å². The molecule has 2 aliphatic heterocycles. The first-order valence-corrected chi connectivity index (χ1v) is 11.3. The van der Waals surface area contributed by atoms with Crippen LogP contribution in [0.1, 0.15) is 25.7 Å². The lowest BCUT2D eigenvalue weighted by Crippen LogP contribution is -2.47. The molecule has 2 saturated heterocycles. The highest BCUT2D eigenvalue weighted by molar-refractivity contribution is 7.17. The van der Waals surface area contributed by atoms with Crippen molar-refractivity contribution >= 4 is 27.4 Å². The van der Waals surface area contributed by atoms with E-state index in [0.29, 0.717) is 18.1 Å². The topological polar surface area (TPSA) is 82.6 Å². The summed E-state index contributed by atoms with van der Waals surface area (Å²) in [6.07, 6.45) is 8.70. The summed E-state index contributed by atoms with van der Waals surface area (Å²) in [7, 11) is 2.15. The number of benzene rings is 1. The Hall–Kier alpha value is -2.84. The first kappa shape index (κ1) is 18.0. The summed E-state index contributed by atoms with van der Waals surface area (Å²) in [5, 5.41) is 19.8. The number of nitrogens with zero attached hydrogens (tertiary/aromatic N) is 5. The van der Waals surface area contributed by atoms with Crippen molar-refractivity contribution in [1.29, 1.82) is 0 Å². The zero-order valence-electron chi connectivity index (χ0n) is 16.7. The maximum Gasteiger partial charge on any atom is 0.151 e. The summed E-state index contributed by atoms with van der Waals surface area (Å²) in [4.78, 5) is 6.92. The van der Waals surface area contributed by atoms with E-state index in [2.05, 4.69) is 66.9 Å². The number of aromatic amines is 1. The van der Waals surface area contributed by atoms with Gasteiger partial charge in [0, 0.05) is 48.1 Å². The molecule has 3 aromatic heterocycles. The van der Waals surface area contributed by atoms with Crippen LogP contribution in [0.5, 0.6) is 0 Å². The van der Waals surface area contributed by atoms with Gasteiger partial charge in [-0.25, -0.2) is 4.98 Å². The normalized spacial score (nSPS) is 23.2. The summed E-state index contributed by atoms with van der Waals surface area (Å²) >= 11 is 1.63. The van der Waals surface area contributed by atoms with E-state index in [-0.39, 0.29) is 0 Å². The minimum atomic E-state index is 0.534. The molecule has 0 aliphatic carbocycles. The van der Waals surface area contributed by atoms with Gasteiger partial charge in [0.05, 0.1) is 27.6 Å². The van der Waals surface area contributed by atoms with E-state index in [0.717, 1.165) is 38.4 Å². The van der Waals surface area contributed by atoms with Crippen LogP contribution in [0.2, 0.25) is 0 Å². The number of piperidine rings is 1. The molecule has 0 radical (unpaired) electrons. The molecule has 2 bridgehead atoms. The molecule has 0 amide bonds. The number of thiazole rings is 1. The maximum atomic E-state index is 4.60. The smallest absolute Gasteiger partial charge is 0.151 e. The minimum absolute atomic E-state index is 0.534. The molecule has 152 valence electrons. The van der Waals surface area contributed by atoms with Crippen molar-refractivity contribution < 1.29 is 0 Å². The van der Waals surface area contributed by atoms with E-state index < -0.39 is 0 Å². The Bertz CT molecular complexity index is 1160. The van der Waals surface area contributed by atoms with Gasteiger partial charge in [0.15, 0.2) is 5.82 Å². The molecule has 4 aromatic rings. The second kappa shape index (κ2) is 7.14. The van der Waals surface area contributed by atoms with Crippen molar-refractivity contribution in [2.24, 2.45) is 0 Å². The average molecular weight is 418 g/mol. The third-order valence-electron chi connectivity index (χ3n) is 6.58. The van der Waals surface area contributed by atoms with Gasteiger partial charge in [-0.15, -0.1) is 21.5 Å². The predicted molar refractivity (Wildman–Crippen MR) is 120 cm³/mol. The van der Waals surface area contributed by atoms with Gasteiger partial charge >= 0.3 is 0 Å². The quantitative estimate of drug-likeness (QED) is 0.525. The van der Waals surface area contributed by atoms with Crippen LogP contribution >= 0.6 is 11.3 Å². The fourth-order valence-electron chi connectivity index (χ4n) is 4.97. The molecule has 3 atom stereocenters. The van der Waals surface area contributed by atoms with Gasteiger partial charge in [-0.1, -0.05) is 12.1 Å². The summed E-state index contributed by atoms with van der Waals surface area (Å²) < 4.78 is 1.12. The molecule has 0 spiro atoms. The van der Waals surface area contributed by atoms with Crippen LogP contribution in [0.25, 0.3) is 32.6 Å². The largest absolute Gasteiger partial charge is 0.355 e. The molecule has 8 heteroatoms. The van der Waals surface area contributed by atoms with Crippen LogP contribution in [0.15, 0.2) is 42.2 Å². The summed E-state index contributed by atoms with van der Waals surface area (Å²) in [5.74, 6) is 0.945. The Labute approximate surface area is 178 Å². The highest BCUT2D eigenvalue weighted by Gasteiger charge is 2.35. The van der Waals surface area contributed by atoms with E-state index in [1.165, 1.54) is 25.7 Å². The predicted octanol–water partition coefficient (Wildman–Crippen LogP) is 3.86. The lowest BCUT2D eigenvalue weighted by molar-refractivity contribution is 0.353. The number of aromatic nitrogens is 5. The highest BCUT2D eigenvalue weighted by Crippen LogP contribution is 2.37. The fourth-order valence-corrected chi connectivity index (χ4v) is 5.81. The molecule has 30 heavy (non-hydrogen) atoms. The number of nitrogens with one attached hydrogen (secondary N) is 2. The molecule has 2 aliphatic rings. The Morgan fingerprint density at radius 3 is 2.60 bits per heavy atom. The summed E-state index contributed by atoms with van der Waals surface area (Å²) in [6.45, 7) is 0. The van der Waals surface area contributed by atoms with Gasteiger partial charge in [-0.2, -0.15) is 5.10 Å². The van der Waals surface area contributed by atoms with Gasteiger partial charge in [-0.3, -0.25) is 5.10 Å². The van der Waals surface area contributed by atoms with Crippen LogP contribution in [0.3, 0.4) is 0 Å². The molecule has 1 aromatic carbocycles. The molecule has 6 rings (SSSR count). The third kappa shape index (κ3) is 2.98. The molecule has 0 saturated carbocycles. The van der Waals surface area contributed by atoms with Gasteiger partial charge in [0.25, 0.3) is 0 Å². The average Bonchev–Trinajstić information content (AvgIpc) is 3.54. The standard InChI is InChI=1S/C22H23N7S/c1-29(16-8-14-2-3-15(9-16)26-14)20-7-6-19(27-28-20)18-5-4-17(13-10-24-25-11-13)21-22(18)30-12-23-21/h4-7,10-12,14-16,26H,2-3,8-9H2,1H3,(H,24,25)/t14-,15+,16?. The Morgan fingerprint density at radius 2 is 1.87 bits per heavy atom. The number of rotatable bonds is 4. The fraction of sp³-hybridized carbons (Fsp3) is 0.364. The minimum Gasteiger partial charge on any atom is -0.355 e. The molecule has 5 heterocycles. The van der Waals surface area contributed by atoms with Gasteiger partial charge < -0.3 is 10.2 Å². The maximum absolute atomic E-state index is 4.60. The number of hydrogen-bond donors (Lipinski definition) is 2. The van der Waals surface area contributed by atoms with E-state index in [9.17, 15) is 0 Å². The van der Waals surface area contributed by atoms with Gasteiger partial charge in [0.1, 0.15) is 0 Å². The first-order valence-electron chi connectivity index (χ1n) is 10.4. The van der Waals surface area contributed by atoms with Crippen LogP contribution < -0.4 is 10.2 Å². The third-order valence-corrected chi connectivity index (χ3v) is 7.44. The number of H-pyrrole nitrogens is 1. The van der Waals surface area contributed by atoms with Crippen LogP contribution in [0.4, 0.5) is 5.82 Å². The van der Waals surface area contributed by atoms with Crippen molar-refractivity contribution in [3.63, 3.8) is 0 Å². The summed E-state index contributed by atoms with van der Waals surface area (Å²) in [5.41, 5.74) is 6.93. The Morgan fingerprint density at radius 1 is 1.03 bits per heavy atom. The lowest BCUT2D eigenvalue weighted by atomic mass is 9.98. The molecule has 2 fully saturated rings. The molecular weight excluding hydrogens is 394 g/mol. The second-order valence-electron chi connectivity index (χ2n) is 8.33. The van der Waals surface area contributed by atoms with Gasteiger partial charge in [-0.05, 0) is 37.8 Å². The van der Waals surface area contributed by atoms with Crippen molar-refractivity contribution in [1.82, 2.24) is 30.7 Å². The lowest BCUT2D eigenvalue weighted by Gasteiger charge is -2.36. The monoisotopic (exact) mass is 417 g/mol. The Balaban J connectivity index is 1.30. The van der Waals surface area contributed by atoms with Crippen LogP contribution in [-0.2, 0) is 0 Å². The highest BCUT2D eigenvalue weighted by atomic mass is 32.1. The molecular formula is C22H23N7S. The number of fused-ring (bicyclic) bond motifs is 3. The molecule has 7 nitrogen and oxygen atoms in total. The number of anilines is 1. The molecule has 1 unspecified atom stereocenters. The van der Waals surface area contributed by atoms with Crippen molar-refractivity contribution in [3.8, 4) is 22.4 Å². The van der Waals surface area contributed by atoms with Crippen LogP contribution in [0, 0.1) is 0 Å². The summed E-state index contributed by atoms with van der Waals surface area (Å²) in [6, 6.07) is 10.2. The van der Waals surface area contributed by atoms with Crippen molar-refractivity contribution in [2.45, 2.75) is 43.8 Å². The zero-order chi connectivity index (χ0) is 20.1. The van der Waals surface area contributed by atoms with Gasteiger partial charge in [0.2, 0.25) is 0 Å². The van der Waals surface area contributed by atoms with Crippen molar-refractivity contribution in [2.75, 3.05) is 11.9 Å². The first-order chi connectivity index (χ1) is 14.8. The van der Waals surface area contributed by atoms with E-state index in [1.807, 2.05) is 17.9 Å². The van der Waals surface area contributed by atoms with E-state index >= 15 is 0 Å². The second-order valence-corrected chi connectivity index (χ2v) is 9.18. The SMILES string of the molecule is CN(c1ccc(-c2ccc(-c3cn[nH]c3)c3ncsc23)nn1)C1C[C@H]2CC[C@@H](C1)N2. The molecule has 2 N–H and O–H groups in total. The van der Waals surface area contributed by atoms with E-state index in [4.69, 9.17) is 0 Å². The van der Waals surface area contributed by atoms with Crippen molar-refractivity contribution in [3.05, 3.63) is 42.2 Å². The number of hydrogen-bond acceptors (Lipinski definition) is 7. The van der Waals surface area contributed by atoms with Crippen LogP contribution in [-0.4, -0.2) is 50.6 Å². The Kier molecular flexibility index (Phi) is 4.28. The zero-order valence-corrected chi connectivity index (χ0v) is 17.6.